The predicted octanol–water partition coefficient (Wildman–Crippen LogP) is 4.47. The molecule has 0 fully saturated rings. The zero-order valence-electron chi connectivity index (χ0n) is 13.4. The first-order valence-corrected chi connectivity index (χ1v) is 8.03. The van der Waals surface area contributed by atoms with Gasteiger partial charge < -0.3 is 9.88 Å². The van der Waals surface area contributed by atoms with Crippen LogP contribution in [-0.4, -0.2) is 4.57 Å². The largest absolute Gasteiger partial charge is 0.381 e. The van der Waals surface area contributed by atoms with Gasteiger partial charge in [0.25, 0.3) is 5.56 Å². The molecule has 1 aromatic heterocycles. The molecule has 1 heterocycles. The van der Waals surface area contributed by atoms with Gasteiger partial charge in [-0.25, -0.2) is 0 Å². The Kier molecular flexibility index (Phi) is 5.67. The number of rotatable bonds is 6. The molecule has 0 aliphatic rings. The summed E-state index contributed by atoms with van der Waals surface area (Å²) in [5.74, 6) is 0.592. The molecule has 0 saturated heterocycles. The topological polar surface area (TPSA) is 34.0 Å². The van der Waals surface area contributed by atoms with E-state index < -0.39 is 0 Å². The molecule has 0 atom stereocenters. The molecule has 0 spiro atoms. The zero-order valence-corrected chi connectivity index (χ0v) is 14.2. The van der Waals surface area contributed by atoms with Gasteiger partial charge in [0.15, 0.2) is 0 Å². The number of nitrogens with one attached hydrogen (secondary N) is 1. The van der Waals surface area contributed by atoms with Crippen LogP contribution in [0.3, 0.4) is 0 Å². The van der Waals surface area contributed by atoms with Gasteiger partial charge in [-0.15, -0.1) is 0 Å². The minimum atomic E-state index is 0.0549. The van der Waals surface area contributed by atoms with Crippen molar-refractivity contribution >= 4 is 17.3 Å². The third-order valence-electron chi connectivity index (χ3n) is 3.68. The highest BCUT2D eigenvalue weighted by atomic mass is 35.5. The van der Waals surface area contributed by atoms with Crippen LogP contribution < -0.4 is 10.9 Å². The Morgan fingerprint density at radius 2 is 1.86 bits per heavy atom. The van der Waals surface area contributed by atoms with E-state index in [-0.39, 0.29) is 5.56 Å². The Balaban J connectivity index is 2.06. The molecule has 0 unspecified atom stereocenters. The Morgan fingerprint density at radius 1 is 1.18 bits per heavy atom. The lowest BCUT2D eigenvalue weighted by Crippen LogP contribution is -2.23. The van der Waals surface area contributed by atoms with Crippen LogP contribution in [0.15, 0.2) is 41.2 Å². The summed E-state index contributed by atoms with van der Waals surface area (Å²) in [5, 5.41) is 4.03. The molecule has 0 radical (unpaired) electrons. The first-order chi connectivity index (χ1) is 10.5. The highest BCUT2D eigenvalue weighted by Crippen LogP contribution is 2.13. The summed E-state index contributed by atoms with van der Waals surface area (Å²) in [7, 11) is 0. The summed E-state index contributed by atoms with van der Waals surface area (Å²) in [6, 6.07) is 11.4. The van der Waals surface area contributed by atoms with E-state index in [0.717, 1.165) is 34.9 Å². The van der Waals surface area contributed by atoms with Crippen LogP contribution in [0.1, 0.15) is 31.5 Å². The van der Waals surface area contributed by atoms with E-state index in [4.69, 9.17) is 11.6 Å². The Labute approximate surface area is 136 Å². The summed E-state index contributed by atoms with van der Waals surface area (Å²) in [4.78, 5) is 12.2. The van der Waals surface area contributed by atoms with E-state index in [1.54, 1.807) is 6.07 Å². The molecule has 1 aromatic carbocycles. The van der Waals surface area contributed by atoms with Gasteiger partial charge in [0, 0.05) is 35.6 Å². The van der Waals surface area contributed by atoms with Crippen molar-refractivity contribution in [2.45, 2.75) is 40.3 Å². The van der Waals surface area contributed by atoms with Crippen molar-refractivity contribution in [1.29, 1.82) is 0 Å². The average molecular weight is 319 g/mol. The monoisotopic (exact) mass is 318 g/mol. The number of aromatic nitrogens is 1. The van der Waals surface area contributed by atoms with Crippen LogP contribution in [0, 0.1) is 12.8 Å². The number of pyridine rings is 1. The second-order valence-electron chi connectivity index (χ2n) is 6.04. The second-order valence-corrected chi connectivity index (χ2v) is 6.47. The van der Waals surface area contributed by atoms with E-state index in [0.29, 0.717) is 12.5 Å². The van der Waals surface area contributed by atoms with Gasteiger partial charge in [0.2, 0.25) is 0 Å². The van der Waals surface area contributed by atoms with Crippen molar-refractivity contribution in [2.75, 3.05) is 5.32 Å². The van der Waals surface area contributed by atoms with Crippen LogP contribution in [0.5, 0.6) is 0 Å². The van der Waals surface area contributed by atoms with Crippen molar-refractivity contribution < 1.29 is 0 Å². The van der Waals surface area contributed by atoms with Crippen molar-refractivity contribution in [3.05, 3.63) is 63.0 Å². The predicted molar refractivity (Wildman–Crippen MR) is 93.7 cm³/mol. The van der Waals surface area contributed by atoms with E-state index >= 15 is 0 Å². The SMILES string of the molecule is Cc1cc(NCc2ccc(Cl)cc2)cc(=O)n1CCC(C)C. The number of anilines is 1. The highest BCUT2D eigenvalue weighted by Gasteiger charge is 2.05. The Morgan fingerprint density at radius 3 is 2.45 bits per heavy atom. The Hall–Kier alpha value is -1.74. The van der Waals surface area contributed by atoms with Gasteiger partial charge in [-0.3, -0.25) is 4.79 Å². The number of aryl methyl sites for hydroxylation is 1. The first-order valence-electron chi connectivity index (χ1n) is 7.65. The van der Waals surface area contributed by atoms with Gasteiger partial charge >= 0.3 is 0 Å². The fraction of sp³-hybridized carbons (Fsp3) is 0.389. The standard InChI is InChI=1S/C18H23ClN2O/c1-13(2)8-9-21-14(3)10-17(11-18(21)22)20-12-15-4-6-16(19)7-5-15/h4-7,10-11,13,20H,8-9,12H2,1-3H3. The minimum absolute atomic E-state index is 0.0549. The maximum Gasteiger partial charge on any atom is 0.252 e. The molecule has 2 aromatic rings. The third kappa shape index (κ3) is 4.63. The summed E-state index contributed by atoms with van der Waals surface area (Å²) in [6.45, 7) is 7.77. The van der Waals surface area contributed by atoms with Gasteiger partial charge in [0.1, 0.15) is 0 Å². The molecule has 2 rings (SSSR count). The van der Waals surface area contributed by atoms with Crippen molar-refractivity contribution in [1.82, 2.24) is 4.57 Å². The normalized spacial score (nSPS) is 11.0. The number of hydrogen-bond acceptors (Lipinski definition) is 2. The highest BCUT2D eigenvalue weighted by molar-refractivity contribution is 6.30. The molecule has 0 bridgehead atoms. The fourth-order valence-electron chi connectivity index (χ4n) is 2.31. The van der Waals surface area contributed by atoms with Gasteiger partial charge in [0.05, 0.1) is 0 Å². The molecule has 0 saturated carbocycles. The number of benzene rings is 1. The fourth-order valence-corrected chi connectivity index (χ4v) is 2.44. The van der Waals surface area contributed by atoms with E-state index in [9.17, 15) is 4.79 Å². The quantitative estimate of drug-likeness (QED) is 0.852. The molecule has 0 aliphatic heterocycles. The van der Waals surface area contributed by atoms with Crippen LogP contribution in [0.4, 0.5) is 5.69 Å². The molecule has 4 heteroatoms. The summed E-state index contributed by atoms with van der Waals surface area (Å²) in [6.07, 6.45) is 1.01. The van der Waals surface area contributed by atoms with E-state index in [1.807, 2.05) is 41.8 Å². The number of halogens is 1. The van der Waals surface area contributed by atoms with Crippen molar-refractivity contribution in [3.8, 4) is 0 Å². The third-order valence-corrected chi connectivity index (χ3v) is 3.93. The molecule has 0 amide bonds. The van der Waals surface area contributed by atoms with E-state index in [2.05, 4.69) is 19.2 Å². The summed E-state index contributed by atoms with van der Waals surface area (Å²) in [5.41, 5.74) is 3.04. The number of nitrogens with zero attached hydrogens (tertiary/aromatic N) is 1. The molecular weight excluding hydrogens is 296 g/mol. The first kappa shape index (κ1) is 16.6. The maximum atomic E-state index is 12.2. The van der Waals surface area contributed by atoms with Crippen LogP contribution in [0.2, 0.25) is 5.02 Å². The average Bonchev–Trinajstić information content (AvgIpc) is 2.45. The lowest BCUT2D eigenvalue weighted by Gasteiger charge is -2.14. The summed E-state index contributed by atoms with van der Waals surface area (Å²) >= 11 is 5.88. The van der Waals surface area contributed by atoms with Gasteiger partial charge in [-0.2, -0.15) is 0 Å². The molecule has 118 valence electrons. The lowest BCUT2D eigenvalue weighted by molar-refractivity contribution is 0.502. The minimum Gasteiger partial charge on any atom is -0.381 e. The van der Waals surface area contributed by atoms with Gasteiger partial charge in [-0.05, 0) is 43.0 Å². The Bertz CT molecular complexity index is 674. The zero-order chi connectivity index (χ0) is 16.1. The smallest absolute Gasteiger partial charge is 0.252 e. The molecule has 3 nitrogen and oxygen atoms in total. The van der Waals surface area contributed by atoms with Crippen LogP contribution in [-0.2, 0) is 13.1 Å². The molecular formula is C18H23ClN2O. The molecule has 1 N–H and O–H groups in total. The number of hydrogen-bond donors (Lipinski definition) is 1. The van der Waals surface area contributed by atoms with Crippen molar-refractivity contribution in [3.63, 3.8) is 0 Å². The summed E-state index contributed by atoms with van der Waals surface area (Å²) < 4.78 is 1.84. The van der Waals surface area contributed by atoms with Crippen LogP contribution in [0.25, 0.3) is 0 Å². The molecule has 0 aliphatic carbocycles. The second kappa shape index (κ2) is 7.50. The van der Waals surface area contributed by atoms with Gasteiger partial charge in [-0.1, -0.05) is 37.6 Å². The van der Waals surface area contributed by atoms with Crippen LogP contribution >= 0.6 is 11.6 Å². The molecule has 22 heavy (non-hydrogen) atoms. The van der Waals surface area contributed by atoms with E-state index in [1.165, 1.54) is 0 Å². The maximum absolute atomic E-state index is 12.2. The lowest BCUT2D eigenvalue weighted by atomic mass is 10.1. The van der Waals surface area contributed by atoms with Crippen molar-refractivity contribution in [2.24, 2.45) is 5.92 Å².